The van der Waals surface area contributed by atoms with Gasteiger partial charge in [-0.1, -0.05) is 0 Å². The molecule has 0 atom stereocenters. The summed E-state index contributed by atoms with van der Waals surface area (Å²) in [5, 5.41) is 3.18. The van der Waals surface area contributed by atoms with Crippen molar-refractivity contribution in [3.05, 3.63) is 34.5 Å². The molecule has 3 heterocycles. The van der Waals surface area contributed by atoms with Crippen LogP contribution in [0.2, 0.25) is 0 Å². The van der Waals surface area contributed by atoms with Gasteiger partial charge < -0.3 is 10.3 Å². The van der Waals surface area contributed by atoms with E-state index in [0.717, 1.165) is 34.7 Å². The first-order valence-corrected chi connectivity index (χ1v) is 6.59. The van der Waals surface area contributed by atoms with Gasteiger partial charge in [-0.25, -0.2) is 9.97 Å². The molecule has 0 saturated heterocycles. The molecular weight excluding hydrogens is 246 g/mol. The Morgan fingerprint density at radius 1 is 1.39 bits per heavy atom. The fraction of sp³-hybridized carbons (Fsp3) is 0.250. The Hall–Kier alpha value is -1.95. The van der Waals surface area contributed by atoms with Gasteiger partial charge in [-0.3, -0.25) is 4.98 Å². The summed E-state index contributed by atoms with van der Waals surface area (Å²) in [6, 6.07) is 1.94. The first kappa shape index (κ1) is 11.2. The molecule has 0 aliphatic carbocycles. The first-order chi connectivity index (χ1) is 8.74. The second-order valence-corrected chi connectivity index (χ2v) is 5.16. The minimum absolute atomic E-state index is 0.532. The highest BCUT2D eigenvalue weighted by molar-refractivity contribution is 7.09. The van der Waals surface area contributed by atoms with Crippen LogP contribution in [0.4, 0.5) is 5.95 Å². The second-order valence-electron chi connectivity index (χ2n) is 4.09. The Bertz CT molecular complexity index is 685. The van der Waals surface area contributed by atoms with Crippen molar-refractivity contribution in [2.75, 3.05) is 5.73 Å². The highest BCUT2D eigenvalue weighted by atomic mass is 32.1. The summed E-state index contributed by atoms with van der Waals surface area (Å²) in [7, 11) is 0. The van der Waals surface area contributed by atoms with Crippen LogP contribution in [0.5, 0.6) is 0 Å². The van der Waals surface area contributed by atoms with Crippen molar-refractivity contribution in [2.45, 2.75) is 19.9 Å². The van der Waals surface area contributed by atoms with Gasteiger partial charge >= 0.3 is 0 Å². The fourth-order valence-electron chi connectivity index (χ4n) is 1.98. The van der Waals surface area contributed by atoms with Crippen LogP contribution in [0, 0.1) is 6.92 Å². The van der Waals surface area contributed by atoms with Crippen LogP contribution >= 0.6 is 11.3 Å². The summed E-state index contributed by atoms with van der Waals surface area (Å²) in [5.41, 5.74) is 8.89. The van der Waals surface area contributed by atoms with E-state index in [0.29, 0.717) is 5.95 Å². The minimum Gasteiger partial charge on any atom is -0.369 e. The maximum absolute atomic E-state index is 5.93. The molecule has 0 radical (unpaired) electrons. The number of thiazole rings is 1. The Morgan fingerprint density at radius 2 is 2.28 bits per heavy atom. The standard InChI is InChI=1S/C12H13N5S/c1-8-15-9(7-18-8)3-5-17-11-2-4-14-6-10(11)16-12(17)13/h2,4,6-7H,3,5H2,1H3,(H2,13,16). The van der Waals surface area contributed by atoms with Crippen LogP contribution in [0.1, 0.15) is 10.7 Å². The van der Waals surface area contributed by atoms with Crippen molar-refractivity contribution in [2.24, 2.45) is 0 Å². The zero-order valence-electron chi connectivity index (χ0n) is 10.00. The van der Waals surface area contributed by atoms with Gasteiger partial charge in [0, 0.05) is 24.5 Å². The molecule has 0 aromatic carbocycles. The van der Waals surface area contributed by atoms with Gasteiger partial charge in [-0.15, -0.1) is 11.3 Å². The smallest absolute Gasteiger partial charge is 0.201 e. The number of hydrogen-bond donors (Lipinski definition) is 1. The molecule has 0 amide bonds. The summed E-state index contributed by atoms with van der Waals surface area (Å²) in [6.45, 7) is 2.80. The molecule has 0 unspecified atom stereocenters. The van der Waals surface area contributed by atoms with E-state index < -0.39 is 0 Å². The summed E-state index contributed by atoms with van der Waals surface area (Å²) >= 11 is 1.67. The molecule has 18 heavy (non-hydrogen) atoms. The SMILES string of the molecule is Cc1nc(CCn2c(N)nc3cnccc32)cs1. The van der Waals surface area contributed by atoms with Crippen LogP contribution < -0.4 is 5.73 Å². The lowest BCUT2D eigenvalue weighted by Crippen LogP contribution is -2.05. The number of nitrogen functional groups attached to an aromatic ring is 1. The summed E-state index contributed by atoms with van der Waals surface area (Å²) in [5.74, 6) is 0.532. The maximum atomic E-state index is 5.93. The number of nitrogens with two attached hydrogens (primary N) is 1. The predicted octanol–water partition coefficient (Wildman–Crippen LogP) is 2.02. The molecule has 0 spiro atoms. The van der Waals surface area contributed by atoms with Crippen molar-refractivity contribution in [1.82, 2.24) is 19.5 Å². The number of pyridine rings is 1. The van der Waals surface area contributed by atoms with Gasteiger partial charge in [0.15, 0.2) is 0 Å². The van der Waals surface area contributed by atoms with Gasteiger partial charge in [-0.2, -0.15) is 0 Å². The van der Waals surface area contributed by atoms with Crippen LogP contribution in [0.25, 0.3) is 11.0 Å². The van der Waals surface area contributed by atoms with Crippen LogP contribution in [-0.2, 0) is 13.0 Å². The van der Waals surface area contributed by atoms with E-state index in [1.807, 2.05) is 17.6 Å². The van der Waals surface area contributed by atoms with Gasteiger partial charge in [0.2, 0.25) is 5.95 Å². The number of fused-ring (bicyclic) bond motifs is 1. The topological polar surface area (TPSA) is 69.6 Å². The molecule has 0 aliphatic heterocycles. The zero-order valence-corrected chi connectivity index (χ0v) is 10.8. The number of aromatic nitrogens is 4. The van der Waals surface area contributed by atoms with E-state index in [2.05, 4.69) is 20.3 Å². The molecule has 0 saturated carbocycles. The summed E-state index contributed by atoms with van der Waals surface area (Å²) in [6.07, 6.45) is 4.35. The fourth-order valence-corrected chi connectivity index (χ4v) is 2.63. The second kappa shape index (κ2) is 4.38. The van der Waals surface area contributed by atoms with Gasteiger partial charge in [-0.05, 0) is 13.0 Å². The van der Waals surface area contributed by atoms with Gasteiger partial charge in [0.1, 0.15) is 5.52 Å². The van der Waals surface area contributed by atoms with Gasteiger partial charge in [0.05, 0.1) is 22.4 Å². The van der Waals surface area contributed by atoms with E-state index in [-0.39, 0.29) is 0 Å². The molecular formula is C12H13N5S. The van der Waals surface area contributed by atoms with E-state index >= 15 is 0 Å². The quantitative estimate of drug-likeness (QED) is 0.781. The highest BCUT2D eigenvalue weighted by Crippen LogP contribution is 2.17. The number of aryl methyl sites for hydroxylation is 3. The Labute approximate surface area is 108 Å². The Morgan fingerprint density at radius 3 is 3.06 bits per heavy atom. The lowest BCUT2D eigenvalue weighted by Gasteiger charge is -2.04. The molecule has 3 rings (SSSR count). The third-order valence-electron chi connectivity index (χ3n) is 2.84. The van der Waals surface area contributed by atoms with Crippen molar-refractivity contribution < 1.29 is 0 Å². The largest absolute Gasteiger partial charge is 0.369 e. The number of imidazole rings is 1. The molecule has 2 N–H and O–H groups in total. The minimum atomic E-state index is 0.532. The molecule has 5 nitrogen and oxygen atoms in total. The number of rotatable bonds is 3. The van der Waals surface area contributed by atoms with Crippen LogP contribution in [-0.4, -0.2) is 19.5 Å². The summed E-state index contributed by atoms with van der Waals surface area (Å²) < 4.78 is 2.01. The highest BCUT2D eigenvalue weighted by Gasteiger charge is 2.08. The van der Waals surface area contributed by atoms with Crippen molar-refractivity contribution in [3.8, 4) is 0 Å². The molecule has 0 fully saturated rings. The van der Waals surface area contributed by atoms with E-state index in [1.165, 1.54) is 0 Å². The Balaban J connectivity index is 1.88. The van der Waals surface area contributed by atoms with Gasteiger partial charge in [0.25, 0.3) is 0 Å². The van der Waals surface area contributed by atoms with Crippen LogP contribution in [0.3, 0.4) is 0 Å². The molecule has 6 heteroatoms. The predicted molar refractivity (Wildman–Crippen MR) is 72.5 cm³/mol. The number of anilines is 1. The molecule has 3 aromatic heterocycles. The third kappa shape index (κ3) is 1.95. The Kier molecular flexibility index (Phi) is 2.71. The van der Waals surface area contributed by atoms with Crippen molar-refractivity contribution in [1.29, 1.82) is 0 Å². The molecule has 0 aliphatic rings. The number of hydrogen-bond acceptors (Lipinski definition) is 5. The van der Waals surface area contributed by atoms with E-state index in [9.17, 15) is 0 Å². The zero-order chi connectivity index (χ0) is 12.5. The maximum Gasteiger partial charge on any atom is 0.201 e. The third-order valence-corrected chi connectivity index (χ3v) is 3.66. The van der Waals surface area contributed by atoms with Crippen molar-refractivity contribution >= 4 is 28.3 Å². The normalized spacial score (nSPS) is 11.2. The molecule has 92 valence electrons. The first-order valence-electron chi connectivity index (χ1n) is 5.71. The average molecular weight is 259 g/mol. The number of nitrogens with zero attached hydrogens (tertiary/aromatic N) is 4. The molecule has 3 aromatic rings. The van der Waals surface area contributed by atoms with Crippen molar-refractivity contribution in [3.63, 3.8) is 0 Å². The van der Waals surface area contributed by atoms with Crippen LogP contribution in [0.15, 0.2) is 23.8 Å². The van der Waals surface area contributed by atoms with E-state index in [4.69, 9.17) is 5.73 Å². The van der Waals surface area contributed by atoms with E-state index in [1.54, 1.807) is 23.7 Å². The lowest BCUT2D eigenvalue weighted by atomic mass is 10.3. The lowest BCUT2D eigenvalue weighted by molar-refractivity contribution is 0.715. The monoisotopic (exact) mass is 259 g/mol. The summed E-state index contributed by atoms with van der Waals surface area (Å²) in [4.78, 5) is 12.8. The average Bonchev–Trinajstić information content (AvgIpc) is 2.90. The molecule has 0 bridgehead atoms.